The van der Waals surface area contributed by atoms with E-state index in [-0.39, 0.29) is 36.4 Å². The number of anilines is 1. The third-order valence-electron chi connectivity index (χ3n) is 7.72. The lowest BCUT2D eigenvalue weighted by molar-refractivity contribution is -0.217. The van der Waals surface area contributed by atoms with Gasteiger partial charge in [-0.25, -0.2) is 15.0 Å². The molecule has 1 amide bonds. The molecule has 1 atom stereocenters. The van der Waals surface area contributed by atoms with Crippen LogP contribution in [0.2, 0.25) is 0 Å². The Balaban J connectivity index is 1.61. The monoisotopic (exact) mass is 652 g/mol. The number of carbonyl (C=O) groups is 1. The number of amides is 1. The van der Waals surface area contributed by atoms with Crippen LogP contribution in [0.25, 0.3) is 11.3 Å². The second-order valence-electron chi connectivity index (χ2n) is 11.7. The van der Waals surface area contributed by atoms with E-state index in [9.17, 15) is 18.0 Å². The Morgan fingerprint density at radius 1 is 1.04 bits per heavy atom. The number of benzene rings is 2. The summed E-state index contributed by atoms with van der Waals surface area (Å²) in [5.41, 5.74) is 1.60. The quantitative estimate of drug-likeness (QED) is 0.204. The SMILES string of the molecule is CCOc1cnc(CN2C(=O)c3cccc(c3)SNc3nc(cc(-c4c(C)cccc4C)n3)OC[C@H]2CC(C)(C)C(F)(F)F)nc1. The highest BCUT2D eigenvalue weighted by Crippen LogP contribution is 2.42. The number of halogens is 3. The van der Waals surface area contributed by atoms with Gasteiger partial charge >= 0.3 is 6.18 Å². The van der Waals surface area contributed by atoms with Crippen molar-refractivity contribution in [1.82, 2.24) is 24.8 Å². The zero-order valence-corrected chi connectivity index (χ0v) is 27.0. The first kappa shape index (κ1) is 33.0. The molecule has 0 saturated carbocycles. The van der Waals surface area contributed by atoms with E-state index >= 15 is 0 Å². The van der Waals surface area contributed by atoms with Crippen LogP contribution in [-0.2, 0) is 6.54 Å². The lowest BCUT2D eigenvalue weighted by Gasteiger charge is -2.37. The van der Waals surface area contributed by atoms with Gasteiger partial charge < -0.3 is 14.4 Å². The molecule has 1 aliphatic heterocycles. The van der Waals surface area contributed by atoms with Crippen molar-refractivity contribution in [3.63, 3.8) is 0 Å². The molecule has 242 valence electrons. The van der Waals surface area contributed by atoms with E-state index in [4.69, 9.17) is 14.5 Å². The van der Waals surface area contributed by atoms with Gasteiger partial charge in [-0.3, -0.25) is 9.52 Å². The van der Waals surface area contributed by atoms with Gasteiger partial charge in [-0.15, -0.1) is 0 Å². The van der Waals surface area contributed by atoms with Crippen LogP contribution >= 0.6 is 11.9 Å². The number of rotatable bonds is 7. The van der Waals surface area contributed by atoms with Gasteiger partial charge in [0.25, 0.3) is 5.91 Å². The van der Waals surface area contributed by atoms with E-state index in [1.165, 1.54) is 29.2 Å². The minimum absolute atomic E-state index is 0.154. The van der Waals surface area contributed by atoms with Crippen LogP contribution in [0.1, 0.15) is 54.5 Å². The predicted molar refractivity (Wildman–Crippen MR) is 170 cm³/mol. The predicted octanol–water partition coefficient (Wildman–Crippen LogP) is 7.45. The molecule has 4 aromatic rings. The molecule has 13 heteroatoms. The summed E-state index contributed by atoms with van der Waals surface area (Å²) in [6.07, 6.45) is -2.05. The van der Waals surface area contributed by atoms with Crippen molar-refractivity contribution < 1.29 is 27.4 Å². The highest BCUT2D eigenvalue weighted by molar-refractivity contribution is 8.00. The first-order valence-electron chi connectivity index (χ1n) is 14.8. The summed E-state index contributed by atoms with van der Waals surface area (Å²) >= 11 is 1.20. The number of nitrogens with one attached hydrogen (secondary N) is 1. The van der Waals surface area contributed by atoms with Crippen molar-refractivity contribution >= 4 is 23.8 Å². The molecule has 5 rings (SSSR count). The number of nitrogens with zero attached hydrogens (tertiary/aromatic N) is 5. The zero-order valence-electron chi connectivity index (χ0n) is 26.2. The minimum atomic E-state index is -4.55. The van der Waals surface area contributed by atoms with Gasteiger partial charge in [-0.2, -0.15) is 18.2 Å². The fourth-order valence-corrected chi connectivity index (χ4v) is 5.82. The van der Waals surface area contributed by atoms with E-state index in [1.807, 2.05) is 45.0 Å². The summed E-state index contributed by atoms with van der Waals surface area (Å²) < 4.78 is 57.7. The third kappa shape index (κ3) is 7.52. The number of hydrogen-bond acceptors (Lipinski definition) is 9. The molecule has 46 heavy (non-hydrogen) atoms. The van der Waals surface area contributed by atoms with Crippen molar-refractivity contribution in [2.24, 2.45) is 5.41 Å². The molecule has 9 nitrogen and oxygen atoms in total. The van der Waals surface area contributed by atoms with Gasteiger partial charge in [0, 0.05) is 22.1 Å². The van der Waals surface area contributed by atoms with E-state index in [1.54, 1.807) is 24.3 Å². The number of carbonyl (C=O) groups excluding carboxylic acids is 1. The van der Waals surface area contributed by atoms with Crippen molar-refractivity contribution in [1.29, 1.82) is 0 Å². The number of ether oxygens (including phenoxy) is 2. The average molecular weight is 653 g/mol. The molecule has 2 aromatic carbocycles. The fraction of sp³-hybridized carbons (Fsp3) is 0.364. The van der Waals surface area contributed by atoms with Crippen molar-refractivity contribution in [2.45, 2.75) is 64.7 Å². The lowest BCUT2D eigenvalue weighted by Crippen LogP contribution is -2.48. The fourth-order valence-electron chi connectivity index (χ4n) is 5.18. The summed E-state index contributed by atoms with van der Waals surface area (Å²) in [5.74, 6) is 0.603. The summed E-state index contributed by atoms with van der Waals surface area (Å²) in [5, 5.41) is 0. The molecule has 0 spiro atoms. The number of aromatic nitrogens is 4. The maximum atomic E-state index is 14.3. The first-order chi connectivity index (χ1) is 21.8. The molecule has 1 aliphatic rings. The number of fused-ring (bicyclic) bond motifs is 4. The van der Waals surface area contributed by atoms with Gasteiger partial charge in [0.2, 0.25) is 11.8 Å². The molecule has 2 aromatic heterocycles. The molecule has 4 bridgehead atoms. The summed E-state index contributed by atoms with van der Waals surface area (Å²) in [6.45, 7) is 7.99. The Bertz CT molecular complexity index is 1680. The average Bonchev–Trinajstić information content (AvgIpc) is 3.01. The van der Waals surface area contributed by atoms with Gasteiger partial charge in [-0.05, 0) is 68.5 Å². The number of aryl methyl sites for hydroxylation is 2. The minimum Gasteiger partial charge on any atom is -0.491 e. The van der Waals surface area contributed by atoms with Gasteiger partial charge in [0.1, 0.15) is 12.4 Å². The molecule has 3 heterocycles. The van der Waals surface area contributed by atoms with Crippen LogP contribution in [0.15, 0.2) is 65.8 Å². The molecular formula is C33H35F3N6O3S. The number of hydrogen-bond donors (Lipinski definition) is 1. The Morgan fingerprint density at radius 3 is 2.41 bits per heavy atom. The Morgan fingerprint density at radius 2 is 1.74 bits per heavy atom. The van der Waals surface area contributed by atoms with Crippen LogP contribution < -0.4 is 14.2 Å². The Hall–Kier alpha value is -4.39. The first-order valence-corrected chi connectivity index (χ1v) is 15.6. The summed E-state index contributed by atoms with van der Waals surface area (Å²) in [7, 11) is 0. The molecule has 0 saturated heterocycles. The van der Waals surface area contributed by atoms with Gasteiger partial charge in [-0.1, -0.05) is 38.1 Å². The van der Waals surface area contributed by atoms with Crippen LogP contribution in [0.4, 0.5) is 19.1 Å². The molecule has 0 radical (unpaired) electrons. The topological polar surface area (TPSA) is 102 Å². The van der Waals surface area contributed by atoms with Gasteiger partial charge in [0.15, 0.2) is 5.75 Å². The summed E-state index contributed by atoms with van der Waals surface area (Å²) in [4.78, 5) is 34.1. The van der Waals surface area contributed by atoms with Crippen LogP contribution in [0.3, 0.4) is 0 Å². The smallest absolute Gasteiger partial charge is 0.394 e. The highest BCUT2D eigenvalue weighted by atomic mass is 32.2. The van der Waals surface area contributed by atoms with E-state index in [0.29, 0.717) is 22.9 Å². The standard InChI is InChI=1S/C33H35F3N6O3S/c1-6-44-24-16-37-27(38-17-24)18-42-23(15-32(4,5)33(34,35)36)19-45-28-14-26(29-20(2)9-7-10-21(29)3)39-31(40-28)41-46-25-12-8-11-22(13-25)30(42)43/h7-14,16-17,23H,6,15,18-19H2,1-5H3,(H,39,40,41)/t23-/m1/s1. The highest BCUT2D eigenvalue weighted by Gasteiger charge is 2.49. The molecule has 1 N–H and O–H groups in total. The second kappa shape index (κ2) is 13.5. The van der Waals surface area contributed by atoms with E-state index in [2.05, 4.69) is 19.7 Å². The van der Waals surface area contributed by atoms with Crippen LogP contribution in [0, 0.1) is 19.3 Å². The van der Waals surface area contributed by atoms with E-state index < -0.39 is 30.0 Å². The number of alkyl halides is 3. The van der Waals surface area contributed by atoms with Crippen LogP contribution in [0.5, 0.6) is 11.6 Å². The molecule has 0 fully saturated rings. The molecular weight excluding hydrogens is 617 g/mol. The van der Waals surface area contributed by atoms with Crippen molar-refractivity contribution in [2.75, 3.05) is 17.9 Å². The molecule has 0 unspecified atom stereocenters. The van der Waals surface area contributed by atoms with Gasteiger partial charge in [0.05, 0.1) is 42.7 Å². The molecule has 0 aliphatic carbocycles. The zero-order chi connectivity index (χ0) is 33.1. The Kier molecular flexibility index (Phi) is 9.71. The van der Waals surface area contributed by atoms with Crippen molar-refractivity contribution in [3.8, 4) is 22.9 Å². The summed E-state index contributed by atoms with van der Waals surface area (Å²) in [6, 6.07) is 13.3. The van der Waals surface area contributed by atoms with Crippen molar-refractivity contribution in [3.05, 3.63) is 83.4 Å². The third-order valence-corrected chi connectivity index (χ3v) is 8.50. The Labute approximate surface area is 270 Å². The lowest BCUT2D eigenvalue weighted by atomic mass is 9.84. The normalized spacial score (nSPS) is 15.6. The van der Waals surface area contributed by atoms with Crippen LogP contribution in [-0.4, -0.2) is 56.2 Å². The maximum absolute atomic E-state index is 14.3. The second-order valence-corrected chi connectivity index (χ2v) is 12.5. The largest absolute Gasteiger partial charge is 0.491 e. The maximum Gasteiger partial charge on any atom is 0.394 e. The van der Waals surface area contributed by atoms with E-state index in [0.717, 1.165) is 30.5 Å².